The van der Waals surface area contributed by atoms with Crippen molar-refractivity contribution in [3.05, 3.63) is 51.0 Å². The fourth-order valence-corrected chi connectivity index (χ4v) is 1.21. The van der Waals surface area contributed by atoms with Gasteiger partial charge in [0.1, 0.15) is 5.70 Å². The first-order chi connectivity index (χ1) is 7.69. The van der Waals surface area contributed by atoms with Gasteiger partial charge in [-0.2, -0.15) is 0 Å². The Bertz CT molecular complexity index is 479. The van der Waals surface area contributed by atoms with E-state index >= 15 is 0 Å². The molecular formula is C10H8ClN3O2. The third-order valence-corrected chi connectivity index (χ3v) is 2.09. The molecule has 1 rings (SSSR count). The third-order valence-electron chi connectivity index (χ3n) is 1.74. The Balaban J connectivity index is 3.17. The van der Waals surface area contributed by atoms with Crippen LogP contribution in [-0.2, 0) is 9.53 Å². The van der Waals surface area contributed by atoms with Crippen LogP contribution in [0.1, 0.15) is 5.56 Å². The minimum absolute atomic E-state index is 0.141. The van der Waals surface area contributed by atoms with E-state index in [4.69, 9.17) is 17.1 Å². The Kier molecular flexibility index (Phi) is 4.39. The summed E-state index contributed by atoms with van der Waals surface area (Å²) < 4.78 is 4.46. The number of hydrogen-bond acceptors (Lipinski definition) is 3. The van der Waals surface area contributed by atoms with E-state index in [9.17, 15) is 4.79 Å². The van der Waals surface area contributed by atoms with E-state index in [1.54, 1.807) is 24.3 Å². The van der Waals surface area contributed by atoms with Gasteiger partial charge in [-0.15, -0.1) is 0 Å². The highest BCUT2D eigenvalue weighted by Crippen LogP contribution is 2.19. The van der Waals surface area contributed by atoms with Crippen molar-refractivity contribution >= 4 is 23.6 Å². The Labute approximate surface area is 96.9 Å². The van der Waals surface area contributed by atoms with Crippen molar-refractivity contribution in [3.8, 4) is 0 Å². The van der Waals surface area contributed by atoms with E-state index in [-0.39, 0.29) is 5.70 Å². The predicted molar refractivity (Wildman–Crippen MR) is 60.6 cm³/mol. The molecule has 0 N–H and O–H groups in total. The summed E-state index contributed by atoms with van der Waals surface area (Å²) in [5.41, 5.74) is 8.75. The third kappa shape index (κ3) is 3.02. The number of carbonyl (C=O) groups is 1. The first-order valence-corrected chi connectivity index (χ1v) is 4.66. The highest BCUT2D eigenvalue weighted by Gasteiger charge is 2.08. The lowest BCUT2D eigenvalue weighted by molar-refractivity contribution is -0.136. The maximum atomic E-state index is 11.2. The van der Waals surface area contributed by atoms with Gasteiger partial charge in [-0.1, -0.05) is 34.9 Å². The van der Waals surface area contributed by atoms with Gasteiger partial charge in [-0.3, -0.25) is 0 Å². The van der Waals surface area contributed by atoms with Crippen molar-refractivity contribution in [2.45, 2.75) is 0 Å². The van der Waals surface area contributed by atoms with Crippen molar-refractivity contribution in [2.75, 3.05) is 7.11 Å². The number of azide groups is 1. The van der Waals surface area contributed by atoms with Gasteiger partial charge in [0.25, 0.3) is 0 Å². The topological polar surface area (TPSA) is 75.1 Å². The minimum Gasteiger partial charge on any atom is -0.466 e. The molecule has 0 amide bonds. The van der Waals surface area contributed by atoms with Crippen LogP contribution in [0, 0.1) is 0 Å². The lowest BCUT2D eigenvalue weighted by atomic mass is 10.2. The van der Waals surface area contributed by atoms with Gasteiger partial charge in [0, 0.05) is 9.93 Å². The molecule has 1 aromatic carbocycles. The number of rotatable bonds is 3. The Morgan fingerprint density at radius 2 is 2.25 bits per heavy atom. The molecule has 0 saturated heterocycles. The van der Waals surface area contributed by atoms with Crippen LogP contribution in [0.15, 0.2) is 35.1 Å². The van der Waals surface area contributed by atoms with Gasteiger partial charge in [0.05, 0.1) is 7.11 Å². The number of nitrogens with zero attached hydrogens (tertiary/aromatic N) is 3. The van der Waals surface area contributed by atoms with Crippen molar-refractivity contribution in [3.63, 3.8) is 0 Å². The van der Waals surface area contributed by atoms with E-state index in [2.05, 4.69) is 14.8 Å². The van der Waals surface area contributed by atoms with Crippen LogP contribution in [0.2, 0.25) is 5.02 Å². The number of ether oxygens (including phenoxy) is 1. The number of benzene rings is 1. The summed E-state index contributed by atoms with van der Waals surface area (Å²) in [6.45, 7) is 0. The highest BCUT2D eigenvalue weighted by molar-refractivity contribution is 6.32. The number of carbonyl (C=O) groups excluding carboxylic acids is 1. The molecule has 0 aliphatic heterocycles. The van der Waals surface area contributed by atoms with Gasteiger partial charge in [-0.05, 0) is 23.2 Å². The molecule has 0 bridgehead atoms. The van der Waals surface area contributed by atoms with E-state index in [0.29, 0.717) is 10.6 Å². The molecule has 0 heterocycles. The largest absolute Gasteiger partial charge is 0.466 e. The number of methoxy groups -OCH3 is 1. The van der Waals surface area contributed by atoms with Crippen LogP contribution in [-0.4, -0.2) is 13.1 Å². The SMILES string of the molecule is COC(=O)/C(=C/c1ccccc1Cl)N=[N+]=[N-]. The summed E-state index contributed by atoms with van der Waals surface area (Å²) in [4.78, 5) is 13.8. The molecule has 0 aliphatic carbocycles. The van der Waals surface area contributed by atoms with Crippen molar-refractivity contribution in [2.24, 2.45) is 5.11 Å². The lowest BCUT2D eigenvalue weighted by Gasteiger charge is -2.00. The van der Waals surface area contributed by atoms with E-state index in [0.717, 1.165) is 0 Å². The summed E-state index contributed by atoms with van der Waals surface area (Å²) in [5.74, 6) is -0.710. The second-order valence-electron chi connectivity index (χ2n) is 2.73. The van der Waals surface area contributed by atoms with Gasteiger partial charge < -0.3 is 4.74 Å². The van der Waals surface area contributed by atoms with Gasteiger partial charge in [-0.25, -0.2) is 4.79 Å². The smallest absolute Gasteiger partial charge is 0.340 e. The van der Waals surface area contributed by atoms with Crippen molar-refractivity contribution in [1.29, 1.82) is 0 Å². The van der Waals surface area contributed by atoms with Gasteiger partial charge >= 0.3 is 5.97 Å². The summed E-state index contributed by atoms with van der Waals surface area (Å²) in [5, 5.41) is 3.70. The van der Waals surface area contributed by atoms with Crippen LogP contribution in [0.5, 0.6) is 0 Å². The zero-order valence-electron chi connectivity index (χ0n) is 8.42. The average molecular weight is 238 g/mol. The molecule has 0 aliphatic rings. The molecule has 1 aromatic rings. The first-order valence-electron chi connectivity index (χ1n) is 4.28. The molecule has 5 nitrogen and oxygen atoms in total. The fraction of sp³-hybridized carbons (Fsp3) is 0.100. The molecule has 6 heteroatoms. The lowest BCUT2D eigenvalue weighted by Crippen LogP contribution is -2.01. The second-order valence-corrected chi connectivity index (χ2v) is 3.14. The second kappa shape index (κ2) is 5.80. The van der Waals surface area contributed by atoms with Crippen LogP contribution in [0.3, 0.4) is 0 Å². The maximum Gasteiger partial charge on any atom is 0.340 e. The van der Waals surface area contributed by atoms with Gasteiger partial charge in [0.15, 0.2) is 0 Å². The standard InChI is InChI=1S/C10H8ClN3O2/c1-16-10(15)9(13-14-12)6-7-4-2-3-5-8(7)11/h2-6H,1H3/b9-6-. The minimum atomic E-state index is -0.710. The van der Waals surface area contributed by atoms with Crippen molar-refractivity contribution < 1.29 is 9.53 Å². The Morgan fingerprint density at radius 3 is 2.81 bits per heavy atom. The van der Waals surface area contributed by atoms with E-state index < -0.39 is 5.97 Å². The van der Waals surface area contributed by atoms with Crippen LogP contribution >= 0.6 is 11.6 Å². The number of hydrogen-bond donors (Lipinski definition) is 0. The van der Waals surface area contributed by atoms with Crippen LogP contribution in [0.25, 0.3) is 16.5 Å². The van der Waals surface area contributed by atoms with E-state index in [1.165, 1.54) is 13.2 Å². The molecule has 0 atom stereocenters. The quantitative estimate of drug-likeness (QED) is 0.266. The monoisotopic (exact) mass is 237 g/mol. The average Bonchev–Trinajstić information content (AvgIpc) is 2.30. The molecule has 0 spiro atoms. The number of esters is 1. The molecule has 0 saturated carbocycles. The molecule has 0 radical (unpaired) electrons. The summed E-state index contributed by atoms with van der Waals surface area (Å²) in [6.07, 6.45) is 1.37. The Morgan fingerprint density at radius 1 is 1.56 bits per heavy atom. The first kappa shape index (κ1) is 12.1. The Hall–Kier alpha value is -1.97. The molecule has 0 aromatic heterocycles. The summed E-state index contributed by atoms with van der Waals surface area (Å²) >= 11 is 5.88. The van der Waals surface area contributed by atoms with Crippen LogP contribution < -0.4 is 0 Å². The maximum absolute atomic E-state index is 11.2. The molecule has 0 fully saturated rings. The molecule has 0 unspecified atom stereocenters. The zero-order chi connectivity index (χ0) is 12.0. The van der Waals surface area contributed by atoms with Crippen LogP contribution in [0.4, 0.5) is 0 Å². The summed E-state index contributed by atoms with van der Waals surface area (Å²) in [7, 11) is 1.20. The normalized spacial score (nSPS) is 10.5. The van der Waals surface area contributed by atoms with Crippen molar-refractivity contribution in [1.82, 2.24) is 0 Å². The zero-order valence-corrected chi connectivity index (χ0v) is 9.18. The molecular weight excluding hydrogens is 230 g/mol. The number of halogens is 1. The summed E-state index contributed by atoms with van der Waals surface area (Å²) in [6, 6.07) is 6.87. The highest BCUT2D eigenvalue weighted by atomic mass is 35.5. The van der Waals surface area contributed by atoms with Gasteiger partial charge in [0.2, 0.25) is 0 Å². The molecule has 82 valence electrons. The fourth-order valence-electron chi connectivity index (χ4n) is 1.02. The van der Waals surface area contributed by atoms with E-state index in [1.807, 2.05) is 0 Å². The predicted octanol–water partition coefficient (Wildman–Crippen LogP) is 3.16. The molecule has 16 heavy (non-hydrogen) atoms.